The summed E-state index contributed by atoms with van der Waals surface area (Å²) in [5.74, 6) is 1.19. The molecule has 0 unspecified atom stereocenters. The van der Waals surface area contributed by atoms with E-state index >= 15 is 0 Å². The monoisotopic (exact) mass is 338 g/mol. The molecular formula is C20H26N4O. The van der Waals surface area contributed by atoms with Crippen LogP contribution >= 0.6 is 0 Å². The Hall–Kier alpha value is -2.14. The number of rotatable bonds is 5. The van der Waals surface area contributed by atoms with E-state index in [9.17, 15) is 4.79 Å². The average molecular weight is 338 g/mol. The van der Waals surface area contributed by atoms with Gasteiger partial charge < -0.3 is 9.88 Å². The van der Waals surface area contributed by atoms with E-state index in [4.69, 9.17) is 0 Å². The summed E-state index contributed by atoms with van der Waals surface area (Å²) in [7, 11) is 0. The van der Waals surface area contributed by atoms with Gasteiger partial charge in [-0.15, -0.1) is 0 Å². The van der Waals surface area contributed by atoms with Crippen molar-refractivity contribution in [1.29, 1.82) is 0 Å². The van der Waals surface area contributed by atoms with Crippen molar-refractivity contribution in [3.63, 3.8) is 0 Å². The summed E-state index contributed by atoms with van der Waals surface area (Å²) in [5.41, 5.74) is 2.61. The summed E-state index contributed by atoms with van der Waals surface area (Å²) in [4.78, 5) is 19.7. The summed E-state index contributed by atoms with van der Waals surface area (Å²) in [5, 5.41) is 3.19. The van der Waals surface area contributed by atoms with E-state index in [-0.39, 0.29) is 11.9 Å². The molecule has 1 N–H and O–H groups in total. The van der Waals surface area contributed by atoms with Crippen LogP contribution in [0.3, 0.4) is 0 Å². The van der Waals surface area contributed by atoms with Gasteiger partial charge in [0.1, 0.15) is 5.82 Å². The molecule has 1 amide bonds. The van der Waals surface area contributed by atoms with Crippen LogP contribution in [-0.4, -0.2) is 32.4 Å². The van der Waals surface area contributed by atoms with Crippen LogP contribution in [0, 0.1) is 0 Å². The lowest BCUT2D eigenvalue weighted by atomic mass is 9.93. The Morgan fingerprint density at radius 2 is 2.04 bits per heavy atom. The number of imidazole rings is 1. The van der Waals surface area contributed by atoms with Crippen molar-refractivity contribution in [2.75, 3.05) is 0 Å². The summed E-state index contributed by atoms with van der Waals surface area (Å²) in [6.45, 7) is 5.81. The van der Waals surface area contributed by atoms with Gasteiger partial charge in [0.2, 0.25) is 5.91 Å². The summed E-state index contributed by atoms with van der Waals surface area (Å²) in [6, 6.07) is 9.11. The van der Waals surface area contributed by atoms with Gasteiger partial charge in [-0.25, -0.2) is 4.98 Å². The molecule has 0 radical (unpaired) electrons. The minimum Gasteiger partial charge on any atom is -0.352 e. The molecule has 1 saturated carbocycles. The van der Waals surface area contributed by atoms with Crippen molar-refractivity contribution < 1.29 is 4.79 Å². The molecule has 2 aliphatic rings. The molecule has 1 aliphatic heterocycles. The molecule has 0 spiro atoms. The topological polar surface area (TPSA) is 50.2 Å². The second kappa shape index (κ2) is 6.64. The first-order valence-corrected chi connectivity index (χ1v) is 9.24. The molecule has 2 aromatic rings. The lowest BCUT2D eigenvalue weighted by Gasteiger charge is -2.36. The second-order valence-corrected chi connectivity index (χ2v) is 7.52. The van der Waals surface area contributed by atoms with Crippen LogP contribution in [0.2, 0.25) is 0 Å². The third-order valence-corrected chi connectivity index (χ3v) is 5.22. The van der Waals surface area contributed by atoms with Gasteiger partial charge in [-0.2, -0.15) is 0 Å². The van der Waals surface area contributed by atoms with E-state index in [1.54, 1.807) is 0 Å². The Balaban J connectivity index is 1.59. The molecule has 1 aromatic heterocycles. The highest BCUT2D eigenvalue weighted by molar-refractivity contribution is 5.83. The summed E-state index contributed by atoms with van der Waals surface area (Å²) >= 11 is 0. The van der Waals surface area contributed by atoms with Crippen LogP contribution < -0.4 is 5.32 Å². The number of benzene rings is 1. The number of amides is 1. The molecule has 1 aromatic carbocycles. The quantitative estimate of drug-likeness (QED) is 0.912. The van der Waals surface area contributed by atoms with Crippen LogP contribution in [0.15, 0.2) is 36.7 Å². The minimum absolute atomic E-state index is 0.118. The molecule has 4 rings (SSSR count). The van der Waals surface area contributed by atoms with E-state index in [2.05, 4.69) is 57.9 Å². The molecule has 2 heterocycles. The first kappa shape index (κ1) is 16.3. The zero-order chi connectivity index (χ0) is 17.4. The first-order chi connectivity index (χ1) is 12.1. The summed E-state index contributed by atoms with van der Waals surface area (Å²) < 4.78 is 2.19. The zero-order valence-electron chi connectivity index (χ0n) is 15.0. The third-order valence-electron chi connectivity index (χ3n) is 5.22. The van der Waals surface area contributed by atoms with Crippen molar-refractivity contribution in [2.45, 2.75) is 64.3 Å². The van der Waals surface area contributed by atoms with Crippen molar-refractivity contribution in [2.24, 2.45) is 0 Å². The Kier molecular flexibility index (Phi) is 4.34. The Labute approximate surface area is 149 Å². The number of hydrogen-bond acceptors (Lipinski definition) is 3. The van der Waals surface area contributed by atoms with Gasteiger partial charge >= 0.3 is 0 Å². The fourth-order valence-corrected chi connectivity index (χ4v) is 3.65. The minimum atomic E-state index is -0.118. The number of nitrogens with zero attached hydrogens (tertiary/aromatic N) is 3. The van der Waals surface area contributed by atoms with E-state index in [1.807, 2.05) is 12.4 Å². The molecule has 5 nitrogen and oxygen atoms in total. The highest BCUT2D eigenvalue weighted by atomic mass is 16.2. The van der Waals surface area contributed by atoms with Gasteiger partial charge in [-0.3, -0.25) is 9.69 Å². The van der Waals surface area contributed by atoms with Gasteiger partial charge in [0.15, 0.2) is 0 Å². The predicted octanol–water partition coefficient (Wildman–Crippen LogP) is 2.67. The van der Waals surface area contributed by atoms with Crippen molar-refractivity contribution in [3.05, 3.63) is 53.6 Å². The van der Waals surface area contributed by atoms with Crippen molar-refractivity contribution >= 4 is 5.91 Å². The van der Waals surface area contributed by atoms with Crippen LogP contribution in [0.1, 0.15) is 49.7 Å². The van der Waals surface area contributed by atoms with Gasteiger partial charge in [0, 0.05) is 31.0 Å². The van der Waals surface area contributed by atoms with Gasteiger partial charge in [-0.1, -0.05) is 24.3 Å². The largest absolute Gasteiger partial charge is 0.352 e. The third kappa shape index (κ3) is 3.47. The van der Waals surface area contributed by atoms with Crippen LogP contribution in [-0.2, 0) is 24.3 Å². The number of aromatic nitrogens is 2. The van der Waals surface area contributed by atoms with Gasteiger partial charge in [0.25, 0.3) is 0 Å². The molecule has 1 fully saturated rings. The fourth-order valence-electron chi connectivity index (χ4n) is 3.65. The van der Waals surface area contributed by atoms with Gasteiger partial charge in [0.05, 0.1) is 12.6 Å². The van der Waals surface area contributed by atoms with E-state index < -0.39 is 0 Å². The molecule has 0 saturated heterocycles. The summed E-state index contributed by atoms with van der Waals surface area (Å²) in [6.07, 6.45) is 6.89. The fraction of sp³-hybridized carbons (Fsp3) is 0.500. The van der Waals surface area contributed by atoms with E-state index in [1.165, 1.54) is 11.1 Å². The normalized spacial score (nSPS) is 20.5. The smallest absolute Gasteiger partial charge is 0.237 e. The molecule has 5 heteroatoms. The van der Waals surface area contributed by atoms with Crippen LogP contribution in [0.4, 0.5) is 0 Å². The Morgan fingerprint density at radius 3 is 2.76 bits per heavy atom. The zero-order valence-corrected chi connectivity index (χ0v) is 15.0. The molecular weight excluding hydrogens is 312 g/mol. The van der Waals surface area contributed by atoms with Crippen LogP contribution in [0.5, 0.6) is 0 Å². The SMILES string of the molecule is CC(C)n1ccnc1CN1Cc2ccccc2C[C@H]1C(=O)NC1CC1. The lowest BCUT2D eigenvalue weighted by molar-refractivity contribution is -0.127. The predicted molar refractivity (Wildman–Crippen MR) is 97.0 cm³/mol. The molecule has 132 valence electrons. The lowest BCUT2D eigenvalue weighted by Crippen LogP contribution is -2.50. The molecule has 1 atom stereocenters. The number of nitrogens with one attached hydrogen (secondary N) is 1. The second-order valence-electron chi connectivity index (χ2n) is 7.52. The number of fused-ring (bicyclic) bond motifs is 1. The maximum Gasteiger partial charge on any atom is 0.237 e. The maximum absolute atomic E-state index is 12.8. The molecule has 1 aliphatic carbocycles. The molecule has 25 heavy (non-hydrogen) atoms. The van der Waals surface area contributed by atoms with Crippen molar-refractivity contribution in [3.8, 4) is 0 Å². The Bertz CT molecular complexity index is 763. The first-order valence-electron chi connectivity index (χ1n) is 9.24. The number of carbonyl (C=O) groups is 1. The van der Waals surface area contributed by atoms with E-state index in [0.717, 1.165) is 31.6 Å². The highest BCUT2D eigenvalue weighted by Crippen LogP contribution is 2.27. The number of hydrogen-bond donors (Lipinski definition) is 1. The highest BCUT2D eigenvalue weighted by Gasteiger charge is 2.34. The van der Waals surface area contributed by atoms with Crippen molar-refractivity contribution in [1.82, 2.24) is 19.8 Å². The average Bonchev–Trinajstić information content (AvgIpc) is 3.28. The van der Waals surface area contributed by atoms with Gasteiger partial charge in [-0.05, 0) is 44.2 Å². The maximum atomic E-state index is 12.8. The molecule has 0 bridgehead atoms. The number of carbonyl (C=O) groups excluding carboxylic acids is 1. The van der Waals surface area contributed by atoms with E-state index in [0.29, 0.717) is 18.6 Å². The van der Waals surface area contributed by atoms with Crippen LogP contribution in [0.25, 0.3) is 0 Å². The standard InChI is InChI=1S/C20H26N4O/c1-14(2)24-10-9-21-19(24)13-23-12-16-6-4-3-5-15(16)11-18(23)20(25)22-17-7-8-17/h3-6,9-10,14,17-18H,7-8,11-13H2,1-2H3,(H,22,25)/t18-/m0/s1. The Morgan fingerprint density at radius 1 is 1.28 bits per heavy atom.